The quantitative estimate of drug-likeness (QED) is 0.0588. The van der Waals surface area contributed by atoms with Crippen molar-refractivity contribution in [1.82, 2.24) is 0 Å². The van der Waals surface area contributed by atoms with Crippen LogP contribution in [0.25, 0.3) is 11.1 Å². The SMILES string of the molecule is COc1cccc(N(c2ccccc2)c2ccc(-c3ccc(N(c4ccccc4)c4cccc(OC(=O)OCCOCCOC(C)=O)c4)cc3)cc2)c1. The molecule has 6 aromatic rings. The topological polar surface area (TPSA) is 86.8 Å². The van der Waals surface area contributed by atoms with Gasteiger partial charge in [-0.3, -0.25) is 4.79 Å². The minimum Gasteiger partial charge on any atom is -0.497 e. The standard InChI is InChI=1S/C44H40N2O7/c1-33(47)51-29-27-50-28-30-52-44(48)53-43-18-10-16-41(32-43)46(37-13-7-4-8-14-37)39-25-21-35(22-26-39)34-19-23-38(24-20-34)45(36-11-5-3-6-12-36)40-15-9-17-42(31-40)49-2/h3-26,31-32H,27-30H2,1-2H3. The van der Waals surface area contributed by atoms with E-state index >= 15 is 0 Å². The Morgan fingerprint density at radius 1 is 0.472 bits per heavy atom. The van der Waals surface area contributed by atoms with E-state index in [4.69, 9.17) is 23.7 Å². The second-order valence-electron chi connectivity index (χ2n) is 11.8. The fraction of sp³-hybridized carbons (Fsp3) is 0.136. The number of nitrogens with zero attached hydrogens (tertiary/aromatic N) is 2. The third kappa shape index (κ3) is 9.81. The van der Waals surface area contributed by atoms with Crippen molar-refractivity contribution < 1.29 is 33.3 Å². The predicted molar refractivity (Wildman–Crippen MR) is 207 cm³/mol. The molecular weight excluding hydrogens is 668 g/mol. The summed E-state index contributed by atoms with van der Waals surface area (Å²) >= 11 is 0. The van der Waals surface area contributed by atoms with E-state index in [0.29, 0.717) is 5.75 Å². The maximum atomic E-state index is 12.4. The minimum absolute atomic E-state index is 0.00263. The first kappa shape index (κ1) is 36.2. The van der Waals surface area contributed by atoms with Crippen LogP contribution in [0.3, 0.4) is 0 Å². The van der Waals surface area contributed by atoms with Crippen LogP contribution in [-0.2, 0) is 19.0 Å². The van der Waals surface area contributed by atoms with Crippen LogP contribution in [0.15, 0.2) is 158 Å². The summed E-state index contributed by atoms with van der Waals surface area (Å²) in [7, 11) is 1.68. The highest BCUT2D eigenvalue weighted by molar-refractivity contribution is 5.81. The van der Waals surface area contributed by atoms with Crippen LogP contribution in [-0.4, -0.2) is 45.7 Å². The number of ether oxygens (including phenoxy) is 5. The van der Waals surface area contributed by atoms with Gasteiger partial charge in [0.15, 0.2) is 0 Å². The van der Waals surface area contributed by atoms with Gasteiger partial charge in [-0.25, -0.2) is 4.79 Å². The molecule has 0 unspecified atom stereocenters. The van der Waals surface area contributed by atoms with Gasteiger partial charge in [0.05, 0.1) is 20.3 Å². The molecule has 53 heavy (non-hydrogen) atoms. The van der Waals surface area contributed by atoms with E-state index in [9.17, 15) is 9.59 Å². The van der Waals surface area contributed by atoms with Gasteiger partial charge >= 0.3 is 12.1 Å². The molecule has 0 spiro atoms. The normalized spacial score (nSPS) is 10.6. The van der Waals surface area contributed by atoms with Crippen molar-refractivity contribution in [3.05, 3.63) is 158 Å². The fourth-order valence-corrected chi connectivity index (χ4v) is 5.75. The van der Waals surface area contributed by atoms with Gasteiger partial charge in [0, 0.05) is 53.2 Å². The molecule has 9 nitrogen and oxygen atoms in total. The van der Waals surface area contributed by atoms with Crippen molar-refractivity contribution in [3.63, 3.8) is 0 Å². The zero-order chi connectivity index (χ0) is 36.8. The molecule has 0 aliphatic carbocycles. The van der Waals surface area contributed by atoms with E-state index < -0.39 is 6.16 Å². The van der Waals surface area contributed by atoms with Gasteiger partial charge in [-0.2, -0.15) is 0 Å². The lowest BCUT2D eigenvalue weighted by atomic mass is 10.0. The number of hydrogen-bond acceptors (Lipinski definition) is 9. The number of carbonyl (C=O) groups excluding carboxylic acids is 2. The highest BCUT2D eigenvalue weighted by Gasteiger charge is 2.16. The first-order valence-electron chi connectivity index (χ1n) is 17.2. The molecule has 9 heteroatoms. The Balaban J connectivity index is 1.18. The summed E-state index contributed by atoms with van der Waals surface area (Å²) in [5.41, 5.74) is 7.87. The minimum atomic E-state index is -0.845. The van der Waals surface area contributed by atoms with E-state index in [2.05, 4.69) is 76.5 Å². The molecule has 0 saturated heterocycles. The number of carbonyl (C=O) groups is 2. The van der Waals surface area contributed by atoms with Crippen LogP contribution >= 0.6 is 0 Å². The van der Waals surface area contributed by atoms with E-state index in [-0.39, 0.29) is 32.4 Å². The molecule has 0 bridgehead atoms. The van der Waals surface area contributed by atoms with Gasteiger partial charge in [-0.15, -0.1) is 0 Å². The first-order chi connectivity index (χ1) is 26.0. The van der Waals surface area contributed by atoms with E-state index in [0.717, 1.165) is 51.0 Å². The highest BCUT2D eigenvalue weighted by atomic mass is 16.7. The van der Waals surface area contributed by atoms with Crippen LogP contribution in [0.5, 0.6) is 11.5 Å². The third-order valence-electron chi connectivity index (χ3n) is 8.18. The molecule has 268 valence electrons. The second-order valence-corrected chi connectivity index (χ2v) is 11.8. The molecule has 6 rings (SSSR count). The molecular formula is C44H40N2O7. The Kier molecular flexibility index (Phi) is 12.4. The second kappa shape index (κ2) is 18.1. The number of rotatable bonds is 15. The van der Waals surface area contributed by atoms with Crippen molar-refractivity contribution in [3.8, 4) is 22.6 Å². The molecule has 6 aromatic carbocycles. The van der Waals surface area contributed by atoms with Crippen molar-refractivity contribution in [1.29, 1.82) is 0 Å². The molecule has 0 aliphatic heterocycles. The lowest BCUT2D eigenvalue weighted by molar-refractivity contribution is -0.142. The molecule has 0 N–H and O–H groups in total. The highest BCUT2D eigenvalue weighted by Crippen LogP contribution is 2.39. The number of para-hydroxylation sites is 2. The molecule has 0 saturated carbocycles. The first-order valence-corrected chi connectivity index (χ1v) is 17.2. The van der Waals surface area contributed by atoms with Gasteiger partial charge < -0.3 is 33.5 Å². The Hall–Kier alpha value is -6.58. The molecule has 0 atom stereocenters. The monoisotopic (exact) mass is 708 g/mol. The van der Waals surface area contributed by atoms with E-state index in [1.165, 1.54) is 6.92 Å². The molecule has 0 radical (unpaired) electrons. The van der Waals surface area contributed by atoms with Gasteiger partial charge in [0.25, 0.3) is 0 Å². The van der Waals surface area contributed by atoms with Crippen LogP contribution in [0.4, 0.5) is 38.9 Å². The average Bonchev–Trinajstić information content (AvgIpc) is 3.19. The predicted octanol–water partition coefficient (Wildman–Crippen LogP) is 10.4. The Morgan fingerprint density at radius 3 is 1.40 bits per heavy atom. The number of esters is 1. The van der Waals surface area contributed by atoms with Crippen LogP contribution in [0.2, 0.25) is 0 Å². The van der Waals surface area contributed by atoms with E-state index in [1.807, 2.05) is 78.9 Å². The van der Waals surface area contributed by atoms with Gasteiger partial charge in [-0.1, -0.05) is 72.8 Å². The van der Waals surface area contributed by atoms with Gasteiger partial charge in [0.2, 0.25) is 0 Å². The summed E-state index contributed by atoms with van der Waals surface area (Å²) in [6, 6.07) is 52.4. The van der Waals surface area contributed by atoms with Crippen molar-refractivity contribution in [2.75, 3.05) is 43.3 Å². The third-order valence-corrected chi connectivity index (χ3v) is 8.18. The molecule has 0 fully saturated rings. The summed E-state index contributed by atoms with van der Waals surface area (Å²) in [5.74, 6) is 0.747. The summed E-state index contributed by atoms with van der Waals surface area (Å²) in [5, 5.41) is 0. The fourth-order valence-electron chi connectivity index (χ4n) is 5.75. The average molecular weight is 709 g/mol. The van der Waals surface area contributed by atoms with Crippen LogP contribution in [0, 0.1) is 0 Å². The molecule has 0 aliphatic rings. The van der Waals surface area contributed by atoms with Crippen molar-refractivity contribution in [2.24, 2.45) is 0 Å². The molecule has 0 heterocycles. The maximum absolute atomic E-state index is 12.4. The lowest BCUT2D eigenvalue weighted by Gasteiger charge is -2.26. The number of hydrogen-bond donors (Lipinski definition) is 0. The van der Waals surface area contributed by atoms with Gasteiger partial charge in [-0.05, 0) is 83.9 Å². The van der Waals surface area contributed by atoms with Crippen LogP contribution < -0.4 is 19.3 Å². The van der Waals surface area contributed by atoms with Crippen LogP contribution in [0.1, 0.15) is 6.92 Å². The molecule has 0 aromatic heterocycles. The summed E-state index contributed by atoms with van der Waals surface area (Å²) < 4.78 is 26.3. The van der Waals surface area contributed by atoms with Gasteiger partial charge in [0.1, 0.15) is 24.7 Å². The molecule has 0 amide bonds. The number of benzene rings is 6. The van der Waals surface area contributed by atoms with Crippen molar-refractivity contribution in [2.45, 2.75) is 6.92 Å². The Morgan fingerprint density at radius 2 is 0.906 bits per heavy atom. The number of anilines is 6. The van der Waals surface area contributed by atoms with Crippen molar-refractivity contribution >= 4 is 46.2 Å². The zero-order valence-corrected chi connectivity index (χ0v) is 29.6. The largest absolute Gasteiger partial charge is 0.513 e. The smallest absolute Gasteiger partial charge is 0.497 e. The Bertz CT molecular complexity index is 2070. The lowest BCUT2D eigenvalue weighted by Crippen LogP contribution is -2.16. The zero-order valence-electron chi connectivity index (χ0n) is 29.6. The Labute approximate surface area is 309 Å². The summed E-state index contributed by atoms with van der Waals surface area (Å²) in [6.07, 6.45) is -0.845. The number of methoxy groups -OCH3 is 1. The maximum Gasteiger partial charge on any atom is 0.513 e. The summed E-state index contributed by atoms with van der Waals surface area (Å²) in [6.45, 7) is 1.82. The van der Waals surface area contributed by atoms with E-state index in [1.54, 1.807) is 19.2 Å². The summed E-state index contributed by atoms with van der Waals surface area (Å²) in [4.78, 5) is 27.5.